The van der Waals surface area contributed by atoms with Crippen molar-refractivity contribution < 1.29 is 23.9 Å². The highest BCUT2D eigenvalue weighted by molar-refractivity contribution is 6.09. The third-order valence-electron chi connectivity index (χ3n) is 7.04. The Bertz CT molecular complexity index is 1130. The Hall–Kier alpha value is -3.74. The minimum atomic E-state index is -1.11. The summed E-state index contributed by atoms with van der Waals surface area (Å²) in [5.74, 6) is -2.59. The van der Waals surface area contributed by atoms with Gasteiger partial charge in [-0.15, -0.1) is 0 Å². The summed E-state index contributed by atoms with van der Waals surface area (Å²) in [5, 5.41) is 2.68. The largest absolute Gasteiger partial charge is 0.454 e. The first-order valence-corrected chi connectivity index (χ1v) is 11.5. The highest BCUT2D eigenvalue weighted by Gasteiger charge is 2.61. The molecule has 7 nitrogen and oxygen atoms in total. The summed E-state index contributed by atoms with van der Waals surface area (Å²) in [7, 11) is 0. The number of likely N-dealkylation sites (tertiary alicyclic amines) is 1. The maximum absolute atomic E-state index is 13.3. The van der Waals surface area contributed by atoms with E-state index in [1.54, 1.807) is 12.1 Å². The smallest absolute Gasteiger partial charge is 0.330 e. The van der Waals surface area contributed by atoms with Crippen LogP contribution >= 0.6 is 0 Å². The zero-order chi connectivity index (χ0) is 23.8. The fourth-order valence-corrected chi connectivity index (χ4v) is 5.42. The molecule has 1 heterocycles. The number of anilines is 1. The normalized spacial score (nSPS) is 25.4. The van der Waals surface area contributed by atoms with Crippen LogP contribution in [0.2, 0.25) is 0 Å². The van der Waals surface area contributed by atoms with Crippen LogP contribution in [0.4, 0.5) is 5.69 Å². The number of rotatable bonds is 7. The van der Waals surface area contributed by atoms with Gasteiger partial charge in [-0.1, -0.05) is 60.2 Å². The van der Waals surface area contributed by atoms with Crippen LogP contribution in [0.1, 0.15) is 17.5 Å². The maximum atomic E-state index is 13.3. The Morgan fingerprint density at radius 1 is 0.971 bits per heavy atom. The van der Waals surface area contributed by atoms with Crippen molar-refractivity contribution in [3.05, 3.63) is 77.9 Å². The molecule has 5 rings (SSSR count). The molecule has 2 aromatic carbocycles. The van der Waals surface area contributed by atoms with Gasteiger partial charge in [0.05, 0.1) is 11.8 Å². The fraction of sp³-hybridized carbons (Fsp3) is 0.333. The Balaban J connectivity index is 1.31. The molecule has 3 amide bonds. The minimum Gasteiger partial charge on any atom is -0.454 e. The van der Waals surface area contributed by atoms with Crippen LogP contribution in [0.5, 0.6) is 0 Å². The number of nitrogens with zero attached hydrogens (tertiary/aromatic N) is 1. The number of amides is 3. The summed E-state index contributed by atoms with van der Waals surface area (Å²) in [4.78, 5) is 53.2. The number of carbonyl (C=O) groups is 4. The Kier molecular flexibility index (Phi) is 5.77. The molecule has 2 aromatic rings. The van der Waals surface area contributed by atoms with E-state index >= 15 is 0 Å². The summed E-state index contributed by atoms with van der Waals surface area (Å²) in [6.07, 6.45) is 4.98. The highest BCUT2D eigenvalue weighted by Crippen LogP contribution is 2.53. The monoisotopic (exact) mass is 458 g/mol. The van der Waals surface area contributed by atoms with Crippen LogP contribution in [0, 0.1) is 30.6 Å². The molecular weight excluding hydrogens is 432 g/mol. The van der Waals surface area contributed by atoms with Gasteiger partial charge in [0.25, 0.3) is 5.91 Å². The lowest BCUT2D eigenvalue weighted by molar-refractivity contribution is -0.160. The number of benzene rings is 2. The first-order chi connectivity index (χ1) is 16.4. The number of aryl methyl sites for hydroxylation is 1. The van der Waals surface area contributed by atoms with Gasteiger partial charge >= 0.3 is 5.97 Å². The van der Waals surface area contributed by atoms with Gasteiger partial charge < -0.3 is 10.1 Å². The molecule has 34 heavy (non-hydrogen) atoms. The van der Waals surface area contributed by atoms with Gasteiger partial charge in [-0.05, 0) is 42.9 Å². The van der Waals surface area contributed by atoms with Gasteiger partial charge in [0, 0.05) is 12.1 Å². The van der Waals surface area contributed by atoms with Crippen LogP contribution < -0.4 is 5.32 Å². The van der Waals surface area contributed by atoms with Crippen LogP contribution in [0.3, 0.4) is 0 Å². The topological polar surface area (TPSA) is 92.8 Å². The minimum absolute atomic E-state index is 0.0464. The molecule has 2 bridgehead atoms. The number of allylic oxidation sites excluding steroid dienone is 2. The van der Waals surface area contributed by atoms with E-state index in [1.165, 1.54) is 0 Å². The van der Waals surface area contributed by atoms with E-state index in [-0.39, 0.29) is 30.1 Å². The van der Waals surface area contributed by atoms with Crippen molar-refractivity contribution >= 4 is 29.4 Å². The number of imide groups is 1. The van der Waals surface area contributed by atoms with E-state index in [4.69, 9.17) is 4.74 Å². The Morgan fingerprint density at radius 2 is 1.59 bits per heavy atom. The van der Waals surface area contributed by atoms with Crippen molar-refractivity contribution in [2.24, 2.45) is 23.7 Å². The Morgan fingerprint density at radius 3 is 2.21 bits per heavy atom. The summed E-state index contributed by atoms with van der Waals surface area (Å²) < 4.78 is 5.32. The second-order valence-corrected chi connectivity index (χ2v) is 9.27. The zero-order valence-corrected chi connectivity index (χ0v) is 18.8. The second-order valence-electron chi connectivity index (χ2n) is 9.27. The fourth-order valence-electron chi connectivity index (χ4n) is 5.42. The summed E-state index contributed by atoms with van der Waals surface area (Å²) >= 11 is 0. The van der Waals surface area contributed by atoms with Crippen LogP contribution in [0.15, 0.2) is 66.7 Å². The molecule has 174 valence electrons. The number of esters is 1. The quantitative estimate of drug-likeness (QED) is 0.391. The van der Waals surface area contributed by atoms with Gasteiger partial charge in [-0.25, -0.2) is 4.79 Å². The molecule has 1 saturated heterocycles. The molecule has 7 heteroatoms. The number of carbonyl (C=O) groups excluding carboxylic acids is 4. The lowest BCUT2D eigenvalue weighted by Crippen LogP contribution is -2.48. The molecule has 0 aromatic heterocycles. The first kappa shape index (κ1) is 22.1. The average molecular weight is 459 g/mol. The van der Waals surface area contributed by atoms with Gasteiger partial charge in [-0.3, -0.25) is 19.3 Å². The molecule has 0 spiro atoms. The lowest BCUT2D eigenvalue weighted by Gasteiger charge is -2.26. The molecule has 2 aliphatic carbocycles. The van der Waals surface area contributed by atoms with E-state index in [2.05, 4.69) is 5.32 Å². The van der Waals surface area contributed by atoms with Crippen molar-refractivity contribution in [1.29, 1.82) is 0 Å². The van der Waals surface area contributed by atoms with Crippen molar-refractivity contribution in [3.63, 3.8) is 0 Å². The molecular formula is C27H26N2O5. The number of ether oxygens (including phenoxy) is 1. The third kappa shape index (κ3) is 4.02. The number of hydrogen-bond acceptors (Lipinski definition) is 5. The van der Waals surface area contributed by atoms with Crippen molar-refractivity contribution in [2.45, 2.75) is 25.8 Å². The summed E-state index contributed by atoms with van der Waals surface area (Å²) in [5.41, 5.74) is 2.45. The van der Waals surface area contributed by atoms with Gasteiger partial charge in [0.2, 0.25) is 11.8 Å². The molecule has 2 fully saturated rings. The first-order valence-electron chi connectivity index (χ1n) is 11.5. The number of fused-ring (bicyclic) bond motifs is 5. The number of nitrogens with one attached hydrogen (secondary N) is 1. The SMILES string of the molecule is Cc1ccc(NC(=O)COC(=O)[C@H](Cc2ccccc2)N2C(=O)[C@@H]3[C@@H](C2=O)[C@H]2C=C[C@H]3C2)cc1. The van der Waals surface area contributed by atoms with Crippen LogP contribution in [-0.4, -0.2) is 41.2 Å². The van der Waals surface area contributed by atoms with Crippen molar-refractivity contribution in [2.75, 3.05) is 11.9 Å². The van der Waals surface area contributed by atoms with Crippen molar-refractivity contribution in [3.8, 4) is 0 Å². The predicted molar refractivity (Wildman–Crippen MR) is 124 cm³/mol. The number of hydrogen-bond donors (Lipinski definition) is 1. The lowest BCUT2D eigenvalue weighted by atomic mass is 9.85. The second kappa shape index (κ2) is 8.89. The zero-order valence-electron chi connectivity index (χ0n) is 18.8. The molecule has 1 aliphatic heterocycles. The molecule has 3 aliphatic rings. The van der Waals surface area contributed by atoms with Gasteiger partial charge in [0.1, 0.15) is 6.04 Å². The molecule has 0 unspecified atom stereocenters. The van der Waals surface area contributed by atoms with E-state index in [0.717, 1.165) is 22.4 Å². The van der Waals surface area contributed by atoms with E-state index < -0.39 is 36.4 Å². The summed E-state index contributed by atoms with van der Waals surface area (Å²) in [6.45, 7) is 1.44. The molecule has 0 radical (unpaired) electrons. The Labute approximate surface area is 197 Å². The van der Waals surface area contributed by atoms with E-state index in [0.29, 0.717) is 5.69 Å². The van der Waals surface area contributed by atoms with Crippen molar-refractivity contribution in [1.82, 2.24) is 4.90 Å². The van der Waals surface area contributed by atoms with Gasteiger partial charge in [-0.2, -0.15) is 0 Å². The third-order valence-corrected chi connectivity index (χ3v) is 7.04. The van der Waals surface area contributed by atoms with E-state index in [1.807, 2.05) is 61.5 Å². The molecule has 5 atom stereocenters. The molecule has 1 saturated carbocycles. The summed E-state index contributed by atoms with van der Waals surface area (Å²) in [6, 6.07) is 15.3. The highest BCUT2D eigenvalue weighted by atomic mass is 16.5. The van der Waals surface area contributed by atoms with Crippen LogP contribution in [0.25, 0.3) is 0 Å². The average Bonchev–Trinajstić information content (AvgIpc) is 3.52. The molecule has 1 N–H and O–H groups in total. The standard InChI is InChI=1S/C27H26N2O5/c1-16-7-11-20(12-8-16)28-22(30)15-34-27(33)21(13-17-5-3-2-4-6-17)29-25(31)23-18-9-10-19(14-18)24(23)26(29)32/h2-12,18-19,21,23-24H,13-15H2,1H3,(H,28,30)/t18-,19-,21-,23-,24-/m0/s1. The predicted octanol–water partition coefficient (Wildman–Crippen LogP) is 2.90. The van der Waals surface area contributed by atoms with Crippen LogP contribution in [-0.2, 0) is 30.3 Å². The maximum Gasteiger partial charge on any atom is 0.330 e. The van der Waals surface area contributed by atoms with E-state index in [9.17, 15) is 19.2 Å². The van der Waals surface area contributed by atoms with Gasteiger partial charge in [0.15, 0.2) is 6.61 Å².